The molecule has 1 unspecified atom stereocenters. The first-order chi connectivity index (χ1) is 18.1. The molecule has 0 fully saturated rings. The van der Waals surface area contributed by atoms with Crippen LogP contribution in [0.5, 0.6) is 0 Å². The van der Waals surface area contributed by atoms with Gasteiger partial charge >= 0.3 is 0 Å². The van der Waals surface area contributed by atoms with E-state index < -0.39 is 0 Å². The van der Waals surface area contributed by atoms with E-state index in [1.165, 1.54) is 60.8 Å². The maximum atomic E-state index is 2.39. The standard InChI is InChI=1S/C37H38N/c1-24(16-21-31-25(2)28-20-18-26-12-8-10-14-29(26)34(28)36(31,3)4)17-23-33-37(5,6)35-30-15-11-9-13-27(30)19-22-32(35)38(33)7/h8-23,25H,1-7H3/q+1. The molecule has 0 radical (unpaired) electrons. The van der Waals surface area contributed by atoms with Gasteiger partial charge in [-0.05, 0) is 59.5 Å². The van der Waals surface area contributed by atoms with Crippen LogP contribution in [-0.2, 0) is 10.8 Å². The lowest BCUT2D eigenvalue weighted by atomic mass is 9.79. The number of allylic oxidation sites excluding steroid dienone is 6. The van der Waals surface area contributed by atoms with Crippen LogP contribution in [0.2, 0.25) is 0 Å². The minimum atomic E-state index is -0.0646. The molecular weight excluding hydrogens is 458 g/mol. The van der Waals surface area contributed by atoms with E-state index >= 15 is 0 Å². The van der Waals surface area contributed by atoms with E-state index in [-0.39, 0.29) is 10.8 Å². The van der Waals surface area contributed by atoms with E-state index in [1.54, 1.807) is 0 Å². The third kappa shape index (κ3) is 3.56. The second kappa shape index (κ2) is 8.67. The van der Waals surface area contributed by atoms with E-state index in [1.807, 2.05) is 0 Å². The zero-order chi connectivity index (χ0) is 26.8. The van der Waals surface area contributed by atoms with Crippen molar-refractivity contribution in [1.82, 2.24) is 0 Å². The molecule has 1 aliphatic carbocycles. The summed E-state index contributed by atoms with van der Waals surface area (Å²) >= 11 is 0. The maximum absolute atomic E-state index is 2.39. The summed E-state index contributed by atoms with van der Waals surface area (Å²) in [6.07, 6.45) is 9.30. The SMILES string of the molecule is CC(C=CC1=[N+](C)c2ccc3ccccc3c2C1(C)C)=CC=C1C(C)c2ccc3ccccc3c2C1(C)C. The predicted octanol–water partition coefficient (Wildman–Crippen LogP) is 9.52. The van der Waals surface area contributed by atoms with Crippen molar-refractivity contribution in [3.05, 3.63) is 125 Å². The third-order valence-electron chi connectivity index (χ3n) is 9.17. The first-order valence-corrected chi connectivity index (χ1v) is 13.8. The van der Waals surface area contributed by atoms with E-state index in [2.05, 4.69) is 150 Å². The van der Waals surface area contributed by atoms with Crippen LogP contribution in [0.1, 0.15) is 64.2 Å². The predicted molar refractivity (Wildman–Crippen MR) is 164 cm³/mol. The van der Waals surface area contributed by atoms with Crippen LogP contribution in [0.3, 0.4) is 0 Å². The number of rotatable bonds is 3. The summed E-state index contributed by atoms with van der Waals surface area (Å²) in [5, 5.41) is 5.38. The molecule has 1 heteroatoms. The lowest BCUT2D eigenvalue weighted by Gasteiger charge is -2.24. The summed E-state index contributed by atoms with van der Waals surface area (Å²) in [7, 11) is 2.20. The molecule has 0 amide bonds. The van der Waals surface area contributed by atoms with E-state index in [0.29, 0.717) is 5.92 Å². The molecule has 4 aromatic rings. The van der Waals surface area contributed by atoms with Crippen molar-refractivity contribution < 1.29 is 4.58 Å². The van der Waals surface area contributed by atoms with Gasteiger partial charge in [0.25, 0.3) is 0 Å². The molecule has 190 valence electrons. The molecule has 1 aliphatic heterocycles. The van der Waals surface area contributed by atoms with Gasteiger partial charge in [-0.15, -0.1) is 0 Å². The summed E-state index contributed by atoms with van der Waals surface area (Å²) in [6.45, 7) is 14.1. The third-order valence-corrected chi connectivity index (χ3v) is 9.17. The lowest BCUT2D eigenvalue weighted by molar-refractivity contribution is -0.401. The Bertz CT molecular complexity index is 1740. The second-order valence-corrected chi connectivity index (χ2v) is 12.2. The van der Waals surface area contributed by atoms with E-state index in [9.17, 15) is 0 Å². The van der Waals surface area contributed by atoms with Gasteiger partial charge in [0.1, 0.15) is 7.05 Å². The second-order valence-electron chi connectivity index (χ2n) is 12.2. The largest absolute Gasteiger partial charge is 0.210 e. The molecule has 6 rings (SSSR count). The molecule has 1 atom stereocenters. The van der Waals surface area contributed by atoms with Crippen LogP contribution in [0.4, 0.5) is 5.69 Å². The number of nitrogens with zero attached hydrogens (tertiary/aromatic N) is 1. The molecule has 0 N–H and O–H groups in total. The molecule has 0 spiro atoms. The van der Waals surface area contributed by atoms with Gasteiger partial charge in [-0.1, -0.05) is 111 Å². The fraction of sp³-hybridized carbons (Fsp3) is 0.270. The van der Waals surface area contributed by atoms with Crippen LogP contribution in [0.15, 0.2) is 108 Å². The minimum Gasteiger partial charge on any atom is -0.198 e. The lowest BCUT2D eigenvalue weighted by Crippen LogP contribution is -2.26. The van der Waals surface area contributed by atoms with Crippen molar-refractivity contribution in [3.8, 4) is 0 Å². The van der Waals surface area contributed by atoms with Gasteiger partial charge in [-0.2, -0.15) is 4.58 Å². The van der Waals surface area contributed by atoms with Crippen LogP contribution < -0.4 is 0 Å². The Balaban J connectivity index is 1.34. The highest BCUT2D eigenvalue weighted by atomic mass is 15.0. The van der Waals surface area contributed by atoms with E-state index in [4.69, 9.17) is 0 Å². The van der Waals surface area contributed by atoms with Crippen LogP contribution in [0.25, 0.3) is 21.5 Å². The average molecular weight is 497 g/mol. The van der Waals surface area contributed by atoms with Crippen LogP contribution >= 0.6 is 0 Å². The summed E-state index contributed by atoms with van der Waals surface area (Å²) < 4.78 is 2.37. The van der Waals surface area contributed by atoms with Gasteiger partial charge < -0.3 is 0 Å². The van der Waals surface area contributed by atoms with Gasteiger partial charge in [-0.25, -0.2) is 0 Å². The van der Waals surface area contributed by atoms with Crippen molar-refractivity contribution in [2.45, 2.75) is 58.3 Å². The smallest absolute Gasteiger partial charge is 0.198 e. The zero-order valence-electron chi connectivity index (χ0n) is 23.8. The monoisotopic (exact) mass is 496 g/mol. The van der Waals surface area contributed by atoms with Crippen LogP contribution in [-0.4, -0.2) is 17.3 Å². The molecule has 0 saturated heterocycles. The van der Waals surface area contributed by atoms with Crippen LogP contribution in [0, 0.1) is 0 Å². The minimum absolute atomic E-state index is 0.00121. The van der Waals surface area contributed by atoms with Gasteiger partial charge in [0, 0.05) is 29.0 Å². The quantitative estimate of drug-likeness (QED) is 0.196. The molecular formula is C37H38N+. The Morgan fingerprint density at radius 2 is 1.37 bits per heavy atom. The molecule has 1 heterocycles. The summed E-state index contributed by atoms with van der Waals surface area (Å²) in [5.74, 6) is 0.412. The summed E-state index contributed by atoms with van der Waals surface area (Å²) in [5.41, 5.74) is 9.71. The van der Waals surface area contributed by atoms with Gasteiger partial charge in [0.2, 0.25) is 5.69 Å². The number of hydrogen-bond acceptors (Lipinski definition) is 0. The molecule has 1 nitrogen and oxygen atoms in total. The van der Waals surface area contributed by atoms with Gasteiger partial charge in [0.05, 0.1) is 5.41 Å². The Morgan fingerprint density at radius 1 is 0.763 bits per heavy atom. The normalized spacial score (nSPS) is 21.2. The van der Waals surface area contributed by atoms with Crippen molar-refractivity contribution in [2.24, 2.45) is 0 Å². The van der Waals surface area contributed by atoms with Gasteiger partial charge in [0.15, 0.2) is 5.71 Å². The fourth-order valence-electron chi connectivity index (χ4n) is 7.23. The number of fused-ring (bicyclic) bond motifs is 6. The number of benzene rings is 4. The highest BCUT2D eigenvalue weighted by molar-refractivity contribution is 6.07. The van der Waals surface area contributed by atoms with Crippen molar-refractivity contribution in [1.29, 1.82) is 0 Å². The molecule has 2 aliphatic rings. The Kier molecular flexibility index (Phi) is 5.61. The van der Waals surface area contributed by atoms with E-state index in [0.717, 1.165) is 0 Å². The van der Waals surface area contributed by atoms with Crippen molar-refractivity contribution >= 4 is 32.9 Å². The molecule has 0 bridgehead atoms. The Hall–Kier alpha value is -3.71. The Morgan fingerprint density at radius 3 is 2.05 bits per heavy atom. The molecule has 0 aromatic heterocycles. The Labute approximate surface area is 227 Å². The van der Waals surface area contributed by atoms with Gasteiger partial charge in [-0.3, -0.25) is 0 Å². The zero-order valence-corrected chi connectivity index (χ0v) is 23.8. The molecule has 4 aromatic carbocycles. The highest BCUT2D eigenvalue weighted by Crippen LogP contribution is 2.52. The fourth-order valence-corrected chi connectivity index (χ4v) is 7.23. The molecule has 38 heavy (non-hydrogen) atoms. The average Bonchev–Trinajstić information content (AvgIpc) is 3.23. The first kappa shape index (κ1) is 24.6. The topological polar surface area (TPSA) is 3.01 Å². The molecule has 0 saturated carbocycles. The maximum Gasteiger partial charge on any atom is 0.210 e. The first-order valence-electron chi connectivity index (χ1n) is 13.8. The van der Waals surface area contributed by atoms with Crippen molar-refractivity contribution in [3.63, 3.8) is 0 Å². The summed E-state index contributed by atoms with van der Waals surface area (Å²) in [6, 6.07) is 26.7. The summed E-state index contributed by atoms with van der Waals surface area (Å²) in [4.78, 5) is 0. The number of hydrogen-bond donors (Lipinski definition) is 0. The highest BCUT2D eigenvalue weighted by Gasteiger charge is 2.44. The van der Waals surface area contributed by atoms with Crippen molar-refractivity contribution in [2.75, 3.05) is 7.05 Å².